The van der Waals surface area contributed by atoms with Crippen LogP contribution in [0.3, 0.4) is 0 Å². The number of benzene rings is 1. The summed E-state index contributed by atoms with van der Waals surface area (Å²) in [5.74, 6) is 0.688. The van der Waals surface area contributed by atoms with Gasteiger partial charge < -0.3 is 9.88 Å². The van der Waals surface area contributed by atoms with E-state index in [0.29, 0.717) is 5.92 Å². The van der Waals surface area contributed by atoms with E-state index in [9.17, 15) is 4.79 Å². The molecule has 1 amide bonds. The van der Waals surface area contributed by atoms with Gasteiger partial charge in [-0.05, 0) is 24.3 Å². The number of carbonyl (C=O) groups excluding carboxylic acids is 1. The molecular formula is C20H26N4O. The van der Waals surface area contributed by atoms with Crippen molar-refractivity contribution in [3.63, 3.8) is 0 Å². The molecule has 1 saturated carbocycles. The Hall–Kier alpha value is -2.14. The molecule has 1 aliphatic heterocycles. The van der Waals surface area contributed by atoms with Crippen molar-refractivity contribution in [2.45, 2.75) is 38.3 Å². The SMILES string of the molecule is Cn1cnc2c1[C@@H](C(=O)NCC1CCC1)CN(Cc1ccccc1)C2. The normalized spacial score (nSPS) is 20.8. The summed E-state index contributed by atoms with van der Waals surface area (Å²) in [5.41, 5.74) is 3.39. The van der Waals surface area contributed by atoms with Crippen LogP contribution in [-0.4, -0.2) is 33.4 Å². The first-order chi connectivity index (χ1) is 12.2. The molecule has 2 heterocycles. The summed E-state index contributed by atoms with van der Waals surface area (Å²) in [6, 6.07) is 10.4. The summed E-state index contributed by atoms with van der Waals surface area (Å²) in [6.45, 7) is 3.22. The van der Waals surface area contributed by atoms with Gasteiger partial charge in [0.2, 0.25) is 5.91 Å². The fourth-order valence-corrected chi connectivity index (χ4v) is 3.91. The maximum absolute atomic E-state index is 12.9. The van der Waals surface area contributed by atoms with Gasteiger partial charge in [0, 0.05) is 33.2 Å². The van der Waals surface area contributed by atoms with Gasteiger partial charge in [-0.25, -0.2) is 4.98 Å². The third-order valence-electron chi connectivity index (χ3n) is 5.56. The number of amides is 1. The maximum atomic E-state index is 12.9. The Morgan fingerprint density at radius 2 is 2.08 bits per heavy atom. The fourth-order valence-electron chi connectivity index (χ4n) is 3.91. The first-order valence-corrected chi connectivity index (χ1v) is 9.25. The van der Waals surface area contributed by atoms with Crippen molar-refractivity contribution >= 4 is 5.91 Å². The number of fused-ring (bicyclic) bond motifs is 1. The van der Waals surface area contributed by atoms with Gasteiger partial charge in [-0.2, -0.15) is 0 Å². The Balaban J connectivity index is 1.49. The van der Waals surface area contributed by atoms with Crippen LogP contribution in [0.4, 0.5) is 0 Å². The summed E-state index contributed by atoms with van der Waals surface area (Å²) in [4.78, 5) is 19.8. The van der Waals surface area contributed by atoms with Crippen LogP contribution in [0.1, 0.15) is 42.1 Å². The summed E-state index contributed by atoms with van der Waals surface area (Å²) in [5, 5.41) is 3.19. The molecule has 0 bridgehead atoms. The smallest absolute Gasteiger partial charge is 0.230 e. The topological polar surface area (TPSA) is 50.2 Å². The van der Waals surface area contributed by atoms with Crippen LogP contribution in [0.5, 0.6) is 0 Å². The van der Waals surface area contributed by atoms with E-state index in [1.807, 2.05) is 24.0 Å². The number of imidazole rings is 1. The quantitative estimate of drug-likeness (QED) is 0.911. The van der Waals surface area contributed by atoms with Gasteiger partial charge >= 0.3 is 0 Å². The number of aromatic nitrogens is 2. The standard InChI is InChI=1S/C20H26N4O/c1-23-14-22-18-13-24(11-16-6-3-2-4-7-16)12-17(19(18)23)20(25)21-10-15-8-5-9-15/h2-4,6-7,14-15,17H,5,8-13H2,1H3,(H,21,25)/t17-/m0/s1. The Kier molecular flexibility index (Phi) is 4.57. The summed E-state index contributed by atoms with van der Waals surface area (Å²) in [6.07, 6.45) is 5.65. The van der Waals surface area contributed by atoms with E-state index in [0.717, 1.165) is 37.6 Å². The van der Waals surface area contributed by atoms with Gasteiger partial charge in [0.15, 0.2) is 0 Å². The van der Waals surface area contributed by atoms with Crippen molar-refractivity contribution < 1.29 is 4.79 Å². The number of hydrogen-bond acceptors (Lipinski definition) is 3. The second kappa shape index (κ2) is 7.00. The highest BCUT2D eigenvalue weighted by molar-refractivity contribution is 5.84. The molecule has 5 heteroatoms. The average Bonchev–Trinajstić information content (AvgIpc) is 2.95. The van der Waals surface area contributed by atoms with E-state index < -0.39 is 0 Å². The second-order valence-corrected chi connectivity index (χ2v) is 7.44. The molecule has 0 saturated heterocycles. The molecule has 1 fully saturated rings. The number of nitrogens with one attached hydrogen (secondary N) is 1. The lowest BCUT2D eigenvalue weighted by atomic mass is 9.85. The molecule has 0 unspecified atom stereocenters. The van der Waals surface area contributed by atoms with Gasteiger partial charge in [-0.1, -0.05) is 36.8 Å². The zero-order chi connectivity index (χ0) is 17.2. The molecule has 25 heavy (non-hydrogen) atoms. The minimum atomic E-state index is -0.139. The number of carbonyl (C=O) groups is 1. The van der Waals surface area contributed by atoms with Crippen molar-refractivity contribution in [2.75, 3.05) is 13.1 Å². The molecule has 1 aromatic heterocycles. The van der Waals surface area contributed by atoms with Crippen LogP contribution in [0.2, 0.25) is 0 Å². The molecule has 1 N–H and O–H groups in total. The minimum Gasteiger partial charge on any atom is -0.355 e. The predicted molar refractivity (Wildman–Crippen MR) is 96.9 cm³/mol. The lowest BCUT2D eigenvalue weighted by Crippen LogP contribution is -2.43. The first-order valence-electron chi connectivity index (χ1n) is 9.25. The summed E-state index contributed by atoms with van der Waals surface area (Å²) >= 11 is 0. The fraction of sp³-hybridized carbons (Fsp3) is 0.500. The minimum absolute atomic E-state index is 0.139. The van der Waals surface area contributed by atoms with Crippen LogP contribution in [0.25, 0.3) is 0 Å². The number of hydrogen-bond donors (Lipinski definition) is 1. The molecule has 2 aliphatic rings. The third kappa shape index (κ3) is 3.47. The average molecular weight is 338 g/mol. The van der Waals surface area contributed by atoms with Crippen LogP contribution in [0.15, 0.2) is 36.7 Å². The van der Waals surface area contributed by atoms with Crippen LogP contribution >= 0.6 is 0 Å². The maximum Gasteiger partial charge on any atom is 0.230 e. The van der Waals surface area contributed by atoms with E-state index in [4.69, 9.17) is 0 Å². The molecule has 0 spiro atoms. The molecule has 1 atom stereocenters. The number of aryl methyl sites for hydroxylation is 1. The van der Waals surface area contributed by atoms with Gasteiger partial charge in [-0.3, -0.25) is 9.69 Å². The van der Waals surface area contributed by atoms with E-state index in [2.05, 4.69) is 39.5 Å². The van der Waals surface area contributed by atoms with E-state index >= 15 is 0 Å². The Morgan fingerprint density at radius 1 is 1.28 bits per heavy atom. The van der Waals surface area contributed by atoms with Gasteiger partial charge in [0.05, 0.1) is 23.6 Å². The third-order valence-corrected chi connectivity index (χ3v) is 5.56. The van der Waals surface area contributed by atoms with Crippen LogP contribution in [-0.2, 0) is 24.9 Å². The molecular weight excluding hydrogens is 312 g/mol. The van der Waals surface area contributed by atoms with Gasteiger partial charge in [-0.15, -0.1) is 0 Å². The molecule has 1 aliphatic carbocycles. The molecule has 4 rings (SSSR count). The summed E-state index contributed by atoms with van der Waals surface area (Å²) in [7, 11) is 1.99. The zero-order valence-electron chi connectivity index (χ0n) is 14.8. The molecule has 132 valence electrons. The second-order valence-electron chi connectivity index (χ2n) is 7.44. The van der Waals surface area contributed by atoms with Crippen LogP contribution < -0.4 is 5.32 Å². The van der Waals surface area contributed by atoms with E-state index in [-0.39, 0.29) is 11.8 Å². The lowest BCUT2D eigenvalue weighted by molar-refractivity contribution is -0.123. The number of rotatable bonds is 5. The highest BCUT2D eigenvalue weighted by Gasteiger charge is 2.34. The highest BCUT2D eigenvalue weighted by atomic mass is 16.1. The summed E-state index contributed by atoms with van der Waals surface area (Å²) < 4.78 is 2.02. The largest absolute Gasteiger partial charge is 0.355 e. The molecule has 0 radical (unpaired) electrons. The molecule has 1 aromatic carbocycles. The lowest BCUT2D eigenvalue weighted by Gasteiger charge is -2.33. The van der Waals surface area contributed by atoms with E-state index in [1.54, 1.807) is 0 Å². The molecule has 2 aromatic rings. The highest BCUT2D eigenvalue weighted by Crippen LogP contribution is 2.29. The molecule has 5 nitrogen and oxygen atoms in total. The number of nitrogens with zero attached hydrogens (tertiary/aromatic N) is 3. The predicted octanol–water partition coefficient (Wildman–Crippen LogP) is 2.44. The van der Waals surface area contributed by atoms with Gasteiger partial charge in [0.1, 0.15) is 0 Å². The Labute approximate surface area is 149 Å². The van der Waals surface area contributed by atoms with Crippen molar-refractivity contribution in [2.24, 2.45) is 13.0 Å². The van der Waals surface area contributed by atoms with Crippen molar-refractivity contribution in [1.29, 1.82) is 0 Å². The van der Waals surface area contributed by atoms with Crippen molar-refractivity contribution in [3.05, 3.63) is 53.6 Å². The van der Waals surface area contributed by atoms with Crippen molar-refractivity contribution in [3.8, 4) is 0 Å². The first kappa shape index (κ1) is 16.3. The van der Waals surface area contributed by atoms with Gasteiger partial charge in [0.25, 0.3) is 0 Å². The Morgan fingerprint density at radius 3 is 2.80 bits per heavy atom. The monoisotopic (exact) mass is 338 g/mol. The van der Waals surface area contributed by atoms with Crippen LogP contribution in [0, 0.1) is 5.92 Å². The van der Waals surface area contributed by atoms with E-state index in [1.165, 1.54) is 24.8 Å². The Bertz CT molecular complexity index is 735. The zero-order valence-corrected chi connectivity index (χ0v) is 14.8. The van der Waals surface area contributed by atoms with Crippen molar-refractivity contribution in [1.82, 2.24) is 19.8 Å².